The molecular weight excluding hydrogens is 290 g/mol. The molecule has 0 saturated heterocycles. The van der Waals surface area contributed by atoms with Gasteiger partial charge in [-0.1, -0.05) is 45.4 Å². The molecule has 4 heteroatoms. The number of halogens is 1. The Morgan fingerprint density at radius 2 is 1.78 bits per heavy atom. The highest BCUT2D eigenvalue weighted by Gasteiger charge is 2.12. The quantitative estimate of drug-likeness (QED) is 0.721. The second-order valence-corrected chi connectivity index (χ2v) is 5.17. The molecule has 0 aliphatic carbocycles. The van der Waals surface area contributed by atoms with Crippen LogP contribution in [-0.2, 0) is 0 Å². The fourth-order valence-corrected chi connectivity index (χ4v) is 2.32. The first kappa shape index (κ1) is 11.4. The Morgan fingerprint density at radius 1 is 1.06 bits per heavy atom. The van der Waals surface area contributed by atoms with Crippen LogP contribution in [0.2, 0.25) is 0 Å². The van der Waals surface area contributed by atoms with Crippen LogP contribution in [0.25, 0.3) is 11.0 Å². The summed E-state index contributed by atoms with van der Waals surface area (Å²) in [4.78, 5) is 0. The van der Waals surface area contributed by atoms with Crippen LogP contribution >= 0.6 is 15.9 Å². The van der Waals surface area contributed by atoms with E-state index < -0.39 is 0 Å². The lowest BCUT2D eigenvalue weighted by Crippen LogP contribution is -2.08. The van der Waals surface area contributed by atoms with E-state index in [2.05, 4.69) is 45.3 Å². The zero-order chi connectivity index (χ0) is 12.5. The summed E-state index contributed by atoms with van der Waals surface area (Å²) in [6.07, 6.45) is 0. The number of rotatable bonds is 2. The molecule has 0 spiro atoms. The third-order valence-electron chi connectivity index (χ3n) is 3.10. The molecular formula is C14H12BrN3. The van der Waals surface area contributed by atoms with E-state index in [4.69, 9.17) is 0 Å². The van der Waals surface area contributed by atoms with Crippen molar-refractivity contribution in [3.63, 3.8) is 0 Å². The molecule has 2 aromatic carbocycles. The number of nitrogens with zero attached hydrogens (tertiary/aromatic N) is 3. The van der Waals surface area contributed by atoms with Gasteiger partial charge in [0.15, 0.2) is 0 Å². The smallest absolute Gasteiger partial charge is 0.113 e. The van der Waals surface area contributed by atoms with Crippen molar-refractivity contribution in [2.45, 2.75) is 13.0 Å². The summed E-state index contributed by atoms with van der Waals surface area (Å²) in [5, 5.41) is 8.44. The second-order valence-electron chi connectivity index (χ2n) is 4.25. The number of hydrogen-bond acceptors (Lipinski definition) is 2. The Labute approximate surface area is 114 Å². The molecule has 0 bridgehead atoms. The van der Waals surface area contributed by atoms with Gasteiger partial charge in [0, 0.05) is 4.47 Å². The van der Waals surface area contributed by atoms with Crippen LogP contribution in [0.3, 0.4) is 0 Å². The first-order valence-electron chi connectivity index (χ1n) is 5.81. The van der Waals surface area contributed by atoms with Crippen LogP contribution in [0.15, 0.2) is 53.0 Å². The normalized spacial score (nSPS) is 12.8. The Balaban J connectivity index is 2.06. The lowest BCUT2D eigenvalue weighted by atomic mass is 10.1. The van der Waals surface area contributed by atoms with E-state index in [0.29, 0.717) is 0 Å². The third kappa shape index (κ3) is 1.93. The van der Waals surface area contributed by atoms with Gasteiger partial charge in [-0.15, -0.1) is 5.10 Å². The molecule has 0 saturated carbocycles. The summed E-state index contributed by atoms with van der Waals surface area (Å²) in [5.74, 6) is 0. The van der Waals surface area contributed by atoms with Gasteiger partial charge in [-0.25, -0.2) is 4.68 Å². The van der Waals surface area contributed by atoms with Crippen LogP contribution < -0.4 is 0 Å². The summed E-state index contributed by atoms with van der Waals surface area (Å²) in [6, 6.07) is 16.5. The highest BCUT2D eigenvalue weighted by atomic mass is 79.9. The zero-order valence-electron chi connectivity index (χ0n) is 9.92. The highest BCUT2D eigenvalue weighted by molar-refractivity contribution is 9.10. The van der Waals surface area contributed by atoms with Crippen LogP contribution in [-0.4, -0.2) is 15.0 Å². The number of benzene rings is 2. The largest absolute Gasteiger partial charge is 0.237 e. The van der Waals surface area contributed by atoms with Gasteiger partial charge < -0.3 is 0 Å². The van der Waals surface area contributed by atoms with Crippen molar-refractivity contribution in [1.29, 1.82) is 0 Å². The van der Waals surface area contributed by atoms with E-state index in [9.17, 15) is 0 Å². The zero-order valence-corrected chi connectivity index (χ0v) is 11.5. The molecule has 90 valence electrons. The van der Waals surface area contributed by atoms with Gasteiger partial charge in [0.1, 0.15) is 5.52 Å². The molecule has 0 N–H and O–H groups in total. The van der Waals surface area contributed by atoms with Crippen molar-refractivity contribution < 1.29 is 0 Å². The number of hydrogen-bond donors (Lipinski definition) is 0. The summed E-state index contributed by atoms with van der Waals surface area (Å²) >= 11 is 3.45. The minimum Gasteiger partial charge on any atom is -0.237 e. The average Bonchev–Trinajstić information content (AvgIpc) is 2.82. The maximum absolute atomic E-state index is 4.25. The van der Waals surface area contributed by atoms with Gasteiger partial charge in [0.05, 0.1) is 11.6 Å². The van der Waals surface area contributed by atoms with Crippen LogP contribution in [0.4, 0.5) is 0 Å². The lowest BCUT2D eigenvalue weighted by molar-refractivity contribution is 0.560. The summed E-state index contributed by atoms with van der Waals surface area (Å²) in [7, 11) is 0. The monoisotopic (exact) mass is 301 g/mol. The minimum absolute atomic E-state index is 0.172. The van der Waals surface area contributed by atoms with E-state index in [0.717, 1.165) is 15.5 Å². The Kier molecular flexibility index (Phi) is 2.88. The van der Waals surface area contributed by atoms with Gasteiger partial charge in [-0.2, -0.15) is 0 Å². The van der Waals surface area contributed by atoms with Crippen LogP contribution in [0.1, 0.15) is 18.5 Å². The summed E-state index contributed by atoms with van der Waals surface area (Å²) < 4.78 is 3.04. The Hall–Kier alpha value is -1.68. The van der Waals surface area contributed by atoms with Gasteiger partial charge in [-0.05, 0) is 36.8 Å². The van der Waals surface area contributed by atoms with Gasteiger partial charge in [-0.3, -0.25) is 0 Å². The fourth-order valence-electron chi connectivity index (χ4n) is 2.06. The molecule has 1 unspecified atom stereocenters. The molecule has 0 radical (unpaired) electrons. The predicted octanol–water partition coefficient (Wildman–Crippen LogP) is 3.80. The molecule has 1 atom stereocenters. The molecule has 1 aromatic heterocycles. The van der Waals surface area contributed by atoms with E-state index in [1.165, 1.54) is 5.56 Å². The van der Waals surface area contributed by atoms with Crippen LogP contribution in [0.5, 0.6) is 0 Å². The van der Waals surface area contributed by atoms with E-state index >= 15 is 0 Å². The maximum atomic E-state index is 4.25. The van der Waals surface area contributed by atoms with E-state index in [-0.39, 0.29) is 6.04 Å². The van der Waals surface area contributed by atoms with E-state index in [1.807, 2.05) is 41.1 Å². The molecule has 0 aliphatic rings. The van der Waals surface area contributed by atoms with Crippen molar-refractivity contribution >= 4 is 27.0 Å². The molecule has 0 fully saturated rings. The topological polar surface area (TPSA) is 30.7 Å². The maximum Gasteiger partial charge on any atom is 0.113 e. The van der Waals surface area contributed by atoms with Crippen molar-refractivity contribution in [2.24, 2.45) is 0 Å². The number of para-hydroxylation sites is 1. The summed E-state index contributed by atoms with van der Waals surface area (Å²) in [6.45, 7) is 2.13. The average molecular weight is 302 g/mol. The second kappa shape index (κ2) is 4.53. The highest BCUT2D eigenvalue weighted by Crippen LogP contribution is 2.22. The first-order chi connectivity index (χ1) is 8.75. The van der Waals surface area contributed by atoms with Crippen molar-refractivity contribution in [1.82, 2.24) is 15.0 Å². The molecule has 1 heterocycles. The van der Waals surface area contributed by atoms with Gasteiger partial charge in [0.25, 0.3) is 0 Å². The standard InChI is InChI=1S/C14H12BrN3/c1-10(11-6-8-12(15)9-7-11)18-14-5-3-2-4-13(14)16-17-18/h2-10H,1H3. The molecule has 18 heavy (non-hydrogen) atoms. The lowest BCUT2D eigenvalue weighted by Gasteiger charge is -2.12. The molecule has 3 rings (SSSR count). The Bertz CT molecular complexity index is 673. The van der Waals surface area contributed by atoms with Gasteiger partial charge in [0.2, 0.25) is 0 Å². The molecule has 3 aromatic rings. The van der Waals surface area contributed by atoms with Crippen molar-refractivity contribution in [3.05, 3.63) is 58.6 Å². The van der Waals surface area contributed by atoms with Gasteiger partial charge >= 0.3 is 0 Å². The Morgan fingerprint density at radius 3 is 2.56 bits per heavy atom. The third-order valence-corrected chi connectivity index (χ3v) is 3.63. The first-order valence-corrected chi connectivity index (χ1v) is 6.60. The SMILES string of the molecule is CC(c1ccc(Br)cc1)n1nnc2ccccc21. The molecule has 0 amide bonds. The number of aromatic nitrogens is 3. The van der Waals surface area contributed by atoms with E-state index in [1.54, 1.807) is 0 Å². The molecule has 3 nitrogen and oxygen atoms in total. The predicted molar refractivity (Wildman–Crippen MR) is 75.5 cm³/mol. The van der Waals surface area contributed by atoms with Crippen molar-refractivity contribution in [3.8, 4) is 0 Å². The number of fused-ring (bicyclic) bond motifs is 1. The summed E-state index contributed by atoms with van der Waals surface area (Å²) in [5.41, 5.74) is 3.21. The van der Waals surface area contributed by atoms with Crippen LogP contribution in [0, 0.1) is 0 Å². The van der Waals surface area contributed by atoms with Crippen molar-refractivity contribution in [2.75, 3.05) is 0 Å². The molecule has 0 aliphatic heterocycles. The minimum atomic E-state index is 0.172. The fraction of sp³-hybridized carbons (Fsp3) is 0.143.